The van der Waals surface area contributed by atoms with Crippen LogP contribution in [0.3, 0.4) is 0 Å². The van der Waals surface area contributed by atoms with Crippen LogP contribution in [0.25, 0.3) is 0 Å². The van der Waals surface area contributed by atoms with E-state index < -0.39 is 10.0 Å². The smallest absolute Gasteiger partial charge is 0.251 e. The number of carbonyl (C=O) groups excluding carboxylic acids is 1. The van der Waals surface area contributed by atoms with Crippen molar-refractivity contribution in [3.05, 3.63) is 29.3 Å². The molecular formula is C18H30N4O3S. The van der Waals surface area contributed by atoms with E-state index in [1.807, 2.05) is 0 Å². The van der Waals surface area contributed by atoms with E-state index in [1.54, 1.807) is 13.0 Å². The summed E-state index contributed by atoms with van der Waals surface area (Å²) in [4.78, 5) is 17.4. The van der Waals surface area contributed by atoms with E-state index >= 15 is 0 Å². The zero-order valence-electron chi connectivity index (χ0n) is 15.9. The highest BCUT2D eigenvalue weighted by Crippen LogP contribution is 2.15. The maximum atomic E-state index is 12.4. The molecule has 1 aromatic rings. The van der Waals surface area contributed by atoms with Crippen LogP contribution >= 0.6 is 0 Å². The Bertz CT molecular complexity index is 713. The number of nitrogens with one attached hydrogen (secondary N) is 2. The Hall–Kier alpha value is -1.48. The number of hydrogen-bond donors (Lipinski definition) is 2. The predicted octanol–water partition coefficient (Wildman–Crippen LogP) is 0.661. The van der Waals surface area contributed by atoms with Crippen LogP contribution in [-0.2, 0) is 10.0 Å². The summed E-state index contributed by atoms with van der Waals surface area (Å²) in [6.07, 6.45) is 0.880. The van der Waals surface area contributed by atoms with E-state index in [0.29, 0.717) is 12.1 Å². The highest BCUT2D eigenvalue weighted by Gasteiger charge is 2.17. The molecule has 1 fully saturated rings. The van der Waals surface area contributed by atoms with Gasteiger partial charge in [-0.15, -0.1) is 0 Å². The fraction of sp³-hybridized carbons (Fsp3) is 0.611. The molecule has 7 nitrogen and oxygen atoms in total. The quantitative estimate of drug-likeness (QED) is 0.646. The number of carbonyl (C=O) groups is 1. The van der Waals surface area contributed by atoms with Gasteiger partial charge in [-0.05, 0) is 51.2 Å². The van der Waals surface area contributed by atoms with Crippen LogP contribution in [0.2, 0.25) is 0 Å². The zero-order valence-corrected chi connectivity index (χ0v) is 16.7. The fourth-order valence-corrected chi connectivity index (χ4v) is 3.82. The van der Waals surface area contributed by atoms with E-state index in [0.717, 1.165) is 51.3 Å². The normalized spacial score (nSPS) is 16.6. The minimum atomic E-state index is -3.56. The van der Waals surface area contributed by atoms with E-state index in [2.05, 4.69) is 26.8 Å². The number of sulfonamides is 1. The summed E-state index contributed by atoms with van der Waals surface area (Å²) in [5, 5.41) is 2.90. The van der Waals surface area contributed by atoms with Gasteiger partial charge in [-0.2, -0.15) is 0 Å². The van der Waals surface area contributed by atoms with Crippen molar-refractivity contribution in [3.8, 4) is 0 Å². The number of likely N-dealkylation sites (N-methyl/N-ethyl adjacent to an activating group) is 1. The van der Waals surface area contributed by atoms with Crippen LogP contribution in [0.4, 0.5) is 0 Å². The first kappa shape index (κ1) is 20.8. The van der Waals surface area contributed by atoms with Crippen LogP contribution in [0, 0.1) is 6.92 Å². The Labute approximate surface area is 156 Å². The fourth-order valence-electron chi connectivity index (χ4n) is 3.06. The molecular weight excluding hydrogens is 352 g/mol. The predicted molar refractivity (Wildman–Crippen MR) is 103 cm³/mol. The second-order valence-electron chi connectivity index (χ2n) is 6.57. The van der Waals surface area contributed by atoms with Crippen molar-refractivity contribution < 1.29 is 13.2 Å². The minimum Gasteiger partial charge on any atom is -0.352 e. The minimum absolute atomic E-state index is 0.101. The summed E-state index contributed by atoms with van der Waals surface area (Å²) in [5.74, 6) is -0.230. The number of amides is 1. The Morgan fingerprint density at radius 3 is 2.42 bits per heavy atom. The number of benzene rings is 1. The highest BCUT2D eigenvalue weighted by molar-refractivity contribution is 7.89. The molecule has 1 saturated heterocycles. The van der Waals surface area contributed by atoms with E-state index in [9.17, 15) is 13.2 Å². The van der Waals surface area contributed by atoms with Gasteiger partial charge in [-0.1, -0.05) is 13.0 Å². The van der Waals surface area contributed by atoms with Crippen molar-refractivity contribution >= 4 is 15.9 Å². The summed E-state index contributed by atoms with van der Waals surface area (Å²) in [5.41, 5.74) is 1.16. The third-order valence-electron chi connectivity index (χ3n) is 4.88. The van der Waals surface area contributed by atoms with Gasteiger partial charge in [0.05, 0.1) is 4.90 Å². The maximum Gasteiger partial charge on any atom is 0.251 e. The van der Waals surface area contributed by atoms with E-state index in [4.69, 9.17) is 0 Å². The van der Waals surface area contributed by atoms with Crippen LogP contribution in [-0.4, -0.2) is 77.0 Å². The molecule has 0 atom stereocenters. The van der Waals surface area contributed by atoms with Gasteiger partial charge in [0.2, 0.25) is 10.0 Å². The number of nitrogens with zero attached hydrogens (tertiary/aromatic N) is 2. The summed E-state index contributed by atoms with van der Waals surface area (Å²) in [6, 6.07) is 4.60. The first-order valence-corrected chi connectivity index (χ1v) is 10.6. The number of piperazine rings is 1. The molecule has 0 unspecified atom stereocenters. The Kier molecular flexibility index (Phi) is 7.57. The highest BCUT2D eigenvalue weighted by atomic mass is 32.2. The molecule has 0 saturated carbocycles. The largest absolute Gasteiger partial charge is 0.352 e. The monoisotopic (exact) mass is 382 g/mol. The SMILES string of the molecule is CCN1CCN(CCCNC(=O)c2cc(S(=O)(=O)NC)ccc2C)CC1. The number of aryl methyl sites for hydroxylation is 1. The second kappa shape index (κ2) is 9.45. The van der Waals surface area contributed by atoms with Crippen molar-refractivity contribution in [1.29, 1.82) is 0 Å². The van der Waals surface area contributed by atoms with Gasteiger partial charge in [-0.3, -0.25) is 4.79 Å². The lowest BCUT2D eigenvalue weighted by atomic mass is 10.1. The van der Waals surface area contributed by atoms with Gasteiger partial charge >= 0.3 is 0 Å². The van der Waals surface area contributed by atoms with Crippen LogP contribution < -0.4 is 10.0 Å². The maximum absolute atomic E-state index is 12.4. The molecule has 1 aromatic carbocycles. The van der Waals surface area contributed by atoms with Gasteiger partial charge in [0, 0.05) is 38.3 Å². The first-order valence-electron chi connectivity index (χ1n) is 9.14. The van der Waals surface area contributed by atoms with Crippen molar-refractivity contribution in [3.63, 3.8) is 0 Å². The lowest BCUT2D eigenvalue weighted by molar-refractivity contribution is 0.0947. The molecule has 1 aliphatic heterocycles. The summed E-state index contributed by atoms with van der Waals surface area (Å²) in [7, 11) is -2.20. The van der Waals surface area contributed by atoms with Gasteiger partial charge < -0.3 is 15.1 Å². The molecule has 1 aliphatic rings. The van der Waals surface area contributed by atoms with E-state index in [1.165, 1.54) is 19.2 Å². The Balaban J connectivity index is 1.84. The summed E-state index contributed by atoms with van der Waals surface area (Å²) < 4.78 is 26.1. The lowest BCUT2D eigenvalue weighted by Crippen LogP contribution is -2.46. The standard InChI is InChI=1S/C18H30N4O3S/c1-4-21-10-12-22(13-11-21)9-5-8-20-18(23)17-14-16(7-6-15(17)2)26(24,25)19-3/h6-7,14,19H,4-5,8-13H2,1-3H3,(H,20,23). The first-order chi connectivity index (χ1) is 12.4. The third kappa shape index (κ3) is 5.51. The second-order valence-corrected chi connectivity index (χ2v) is 8.46. The lowest BCUT2D eigenvalue weighted by Gasteiger charge is -2.33. The molecule has 26 heavy (non-hydrogen) atoms. The molecule has 0 spiro atoms. The molecule has 2 N–H and O–H groups in total. The molecule has 0 aliphatic carbocycles. The molecule has 0 aromatic heterocycles. The average Bonchev–Trinajstić information content (AvgIpc) is 2.65. The van der Waals surface area contributed by atoms with Gasteiger partial charge in [0.15, 0.2) is 0 Å². The van der Waals surface area contributed by atoms with Gasteiger partial charge in [0.1, 0.15) is 0 Å². The van der Waals surface area contributed by atoms with Crippen molar-refractivity contribution in [2.45, 2.75) is 25.2 Å². The topological polar surface area (TPSA) is 81.8 Å². The number of rotatable bonds is 8. The summed E-state index contributed by atoms with van der Waals surface area (Å²) in [6.45, 7) is 11.0. The van der Waals surface area contributed by atoms with Crippen molar-refractivity contribution in [2.75, 3.05) is 52.9 Å². The van der Waals surface area contributed by atoms with Gasteiger partial charge in [0.25, 0.3) is 5.91 Å². The molecule has 2 rings (SSSR count). The number of hydrogen-bond acceptors (Lipinski definition) is 5. The van der Waals surface area contributed by atoms with Crippen LogP contribution in [0.15, 0.2) is 23.1 Å². The van der Waals surface area contributed by atoms with E-state index in [-0.39, 0.29) is 10.8 Å². The van der Waals surface area contributed by atoms with Crippen LogP contribution in [0.1, 0.15) is 29.3 Å². The van der Waals surface area contributed by atoms with Crippen molar-refractivity contribution in [1.82, 2.24) is 19.8 Å². The van der Waals surface area contributed by atoms with Gasteiger partial charge in [-0.25, -0.2) is 13.1 Å². The average molecular weight is 383 g/mol. The third-order valence-corrected chi connectivity index (χ3v) is 6.29. The van der Waals surface area contributed by atoms with Crippen LogP contribution in [0.5, 0.6) is 0 Å². The molecule has 0 bridgehead atoms. The molecule has 8 heteroatoms. The van der Waals surface area contributed by atoms with Crippen molar-refractivity contribution in [2.24, 2.45) is 0 Å². The Morgan fingerprint density at radius 2 is 1.81 bits per heavy atom. The summed E-state index contributed by atoms with van der Waals surface area (Å²) >= 11 is 0. The molecule has 1 amide bonds. The zero-order chi connectivity index (χ0) is 19.2. The molecule has 146 valence electrons. The molecule has 1 heterocycles. The Morgan fingerprint density at radius 1 is 1.15 bits per heavy atom. The molecule has 0 radical (unpaired) electrons.